The minimum atomic E-state index is 0.696. The van der Waals surface area contributed by atoms with Crippen molar-refractivity contribution >= 4 is 0 Å². The second-order valence-electron chi connectivity index (χ2n) is 6.61. The van der Waals surface area contributed by atoms with Gasteiger partial charge in [-0.05, 0) is 57.4 Å². The van der Waals surface area contributed by atoms with Gasteiger partial charge in [0.05, 0.1) is 0 Å². The van der Waals surface area contributed by atoms with Gasteiger partial charge in [-0.25, -0.2) is 0 Å². The molecule has 0 aliphatic heterocycles. The first-order valence-electron chi connectivity index (χ1n) is 8.82. The molecule has 1 heteroatoms. The van der Waals surface area contributed by atoms with Crippen molar-refractivity contribution in [3.8, 4) is 0 Å². The van der Waals surface area contributed by atoms with Gasteiger partial charge in [0.15, 0.2) is 0 Å². The molecule has 0 saturated heterocycles. The van der Waals surface area contributed by atoms with Crippen LogP contribution >= 0.6 is 0 Å². The topological polar surface area (TPSA) is 12.0 Å². The van der Waals surface area contributed by atoms with Crippen LogP contribution in [0, 0.1) is 5.92 Å². The predicted molar refractivity (Wildman–Crippen MR) is 84.4 cm³/mol. The van der Waals surface area contributed by atoms with Gasteiger partial charge in [0.1, 0.15) is 0 Å². The van der Waals surface area contributed by atoms with Gasteiger partial charge >= 0.3 is 0 Å². The maximum Gasteiger partial charge on any atom is 0.0279 e. The Morgan fingerprint density at radius 2 is 2.00 bits per heavy atom. The van der Waals surface area contributed by atoms with Crippen LogP contribution in [0.1, 0.15) is 84.0 Å². The third-order valence-corrected chi connectivity index (χ3v) is 5.00. The first-order chi connectivity index (χ1) is 9.40. The summed E-state index contributed by atoms with van der Waals surface area (Å²) in [4.78, 5) is 0. The first kappa shape index (κ1) is 15.1. The molecular weight excluding hydrogens is 230 g/mol. The van der Waals surface area contributed by atoms with Crippen LogP contribution in [0.4, 0.5) is 0 Å². The number of hydrogen-bond acceptors (Lipinski definition) is 1. The Kier molecular flexibility index (Phi) is 6.98. The third-order valence-electron chi connectivity index (χ3n) is 5.00. The lowest BCUT2D eigenvalue weighted by atomic mass is 9.83. The zero-order valence-electron chi connectivity index (χ0n) is 12.9. The van der Waals surface area contributed by atoms with E-state index in [2.05, 4.69) is 18.3 Å². The molecule has 1 unspecified atom stereocenters. The van der Waals surface area contributed by atoms with Crippen molar-refractivity contribution in [2.24, 2.45) is 5.92 Å². The molecule has 1 atom stereocenters. The van der Waals surface area contributed by atoms with Crippen molar-refractivity contribution in [3.05, 3.63) is 11.6 Å². The first-order valence-corrected chi connectivity index (χ1v) is 8.82. The Morgan fingerprint density at radius 1 is 1.16 bits per heavy atom. The maximum atomic E-state index is 3.81. The number of nitrogens with one attached hydrogen (secondary N) is 1. The van der Waals surface area contributed by atoms with E-state index < -0.39 is 0 Å². The molecule has 2 aliphatic rings. The van der Waals surface area contributed by atoms with E-state index in [0.717, 1.165) is 5.92 Å². The summed E-state index contributed by atoms with van der Waals surface area (Å²) in [5.74, 6) is 1.03. The molecule has 1 fully saturated rings. The lowest BCUT2D eigenvalue weighted by Gasteiger charge is -2.28. The normalized spacial score (nSPS) is 23.1. The van der Waals surface area contributed by atoms with E-state index in [4.69, 9.17) is 0 Å². The van der Waals surface area contributed by atoms with Gasteiger partial charge in [-0.2, -0.15) is 0 Å². The molecule has 2 rings (SSSR count). The molecule has 0 aromatic rings. The predicted octanol–water partition coefficient (Wildman–Crippen LogP) is 5.22. The van der Waals surface area contributed by atoms with E-state index in [9.17, 15) is 0 Å². The second-order valence-corrected chi connectivity index (χ2v) is 6.61. The van der Waals surface area contributed by atoms with Crippen molar-refractivity contribution in [2.75, 3.05) is 6.54 Å². The van der Waals surface area contributed by atoms with Gasteiger partial charge in [0.2, 0.25) is 0 Å². The smallest absolute Gasteiger partial charge is 0.0279 e. The van der Waals surface area contributed by atoms with E-state index in [-0.39, 0.29) is 0 Å². The fourth-order valence-electron chi connectivity index (χ4n) is 3.79. The lowest BCUT2D eigenvalue weighted by molar-refractivity contribution is 0.318. The summed E-state index contributed by atoms with van der Waals surface area (Å²) in [5.41, 5.74) is 1.73. The fraction of sp³-hybridized carbons (Fsp3) is 0.889. The fourth-order valence-corrected chi connectivity index (χ4v) is 3.79. The molecule has 0 heterocycles. The average Bonchev–Trinajstić information content (AvgIpc) is 2.49. The summed E-state index contributed by atoms with van der Waals surface area (Å²) in [6.45, 7) is 3.47. The summed E-state index contributed by atoms with van der Waals surface area (Å²) < 4.78 is 0. The Morgan fingerprint density at radius 3 is 2.68 bits per heavy atom. The monoisotopic (exact) mass is 263 g/mol. The van der Waals surface area contributed by atoms with E-state index >= 15 is 0 Å². The molecule has 1 saturated carbocycles. The second kappa shape index (κ2) is 8.79. The summed E-state index contributed by atoms with van der Waals surface area (Å²) in [6, 6.07) is 0.696. The molecule has 110 valence electrons. The summed E-state index contributed by atoms with van der Waals surface area (Å²) in [7, 11) is 0. The van der Waals surface area contributed by atoms with Gasteiger partial charge < -0.3 is 5.32 Å². The standard InChI is InChI=1S/C18H33N/c1-2-15-19-18(17-11-7-4-8-12-17)14-13-16-9-5-3-6-10-16/h11,16,18-19H,2-10,12-15H2,1H3. The van der Waals surface area contributed by atoms with Gasteiger partial charge in [-0.15, -0.1) is 0 Å². The molecule has 0 aromatic carbocycles. The molecule has 1 N–H and O–H groups in total. The molecule has 0 spiro atoms. The number of rotatable bonds is 7. The van der Waals surface area contributed by atoms with Crippen molar-refractivity contribution in [3.63, 3.8) is 0 Å². The maximum absolute atomic E-state index is 3.81. The molecule has 0 aromatic heterocycles. The van der Waals surface area contributed by atoms with E-state index in [1.165, 1.54) is 83.6 Å². The molecule has 19 heavy (non-hydrogen) atoms. The minimum Gasteiger partial charge on any atom is -0.310 e. The Labute approximate surface area is 120 Å². The summed E-state index contributed by atoms with van der Waals surface area (Å²) in [6.07, 6.45) is 19.6. The van der Waals surface area contributed by atoms with E-state index in [0.29, 0.717) is 6.04 Å². The average molecular weight is 263 g/mol. The van der Waals surface area contributed by atoms with Crippen LogP contribution in [0.5, 0.6) is 0 Å². The lowest BCUT2D eigenvalue weighted by Crippen LogP contribution is -2.33. The highest BCUT2D eigenvalue weighted by Crippen LogP contribution is 2.30. The molecule has 0 bridgehead atoms. The van der Waals surface area contributed by atoms with Crippen molar-refractivity contribution in [2.45, 2.75) is 90.0 Å². The van der Waals surface area contributed by atoms with Crippen LogP contribution in [0.2, 0.25) is 0 Å². The quantitative estimate of drug-likeness (QED) is 0.621. The SMILES string of the molecule is CCCNC(CCC1CCCCC1)C1=CCCCC1. The highest BCUT2D eigenvalue weighted by atomic mass is 14.9. The van der Waals surface area contributed by atoms with E-state index in [1.807, 2.05) is 0 Å². The van der Waals surface area contributed by atoms with Crippen LogP contribution < -0.4 is 5.32 Å². The van der Waals surface area contributed by atoms with Gasteiger partial charge in [0.25, 0.3) is 0 Å². The van der Waals surface area contributed by atoms with Crippen LogP contribution in [0.15, 0.2) is 11.6 Å². The van der Waals surface area contributed by atoms with Crippen molar-refractivity contribution < 1.29 is 0 Å². The number of allylic oxidation sites excluding steroid dienone is 1. The minimum absolute atomic E-state index is 0.696. The van der Waals surface area contributed by atoms with Crippen LogP contribution in [-0.4, -0.2) is 12.6 Å². The van der Waals surface area contributed by atoms with Crippen LogP contribution in [0.25, 0.3) is 0 Å². The molecular formula is C18H33N. The highest BCUT2D eigenvalue weighted by Gasteiger charge is 2.19. The summed E-state index contributed by atoms with van der Waals surface area (Å²) >= 11 is 0. The Hall–Kier alpha value is -0.300. The van der Waals surface area contributed by atoms with Crippen LogP contribution in [-0.2, 0) is 0 Å². The molecule has 0 amide bonds. The van der Waals surface area contributed by atoms with E-state index in [1.54, 1.807) is 5.57 Å². The third kappa shape index (κ3) is 5.30. The zero-order valence-corrected chi connectivity index (χ0v) is 12.9. The zero-order chi connectivity index (χ0) is 13.3. The van der Waals surface area contributed by atoms with Gasteiger partial charge in [-0.1, -0.05) is 50.7 Å². The van der Waals surface area contributed by atoms with Gasteiger partial charge in [0, 0.05) is 6.04 Å². The molecule has 0 radical (unpaired) electrons. The highest BCUT2D eigenvalue weighted by molar-refractivity contribution is 5.13. The largest absolute Gasteiger partial charge is 0.310 e. The summed E-state index contributed by atoms with van der Waals surface area (Å²) in [5, 5.41) is 3.81. The van der Waals surface area contributed by atoms with Crippen LogP contribution in [0.3, 0.4) is 0 Å². The molecule has 1 nitrogen and oxygen atoms in total. The van der Waals surface area contributed by atoms with Gasteiger partial charge in [-0.3, -0.25) is 0 Å². The Balaban J connectivity index is 1.80. The van der Waals surface area contributed by atoms with Crippen molar-refractivity contribution in [1.82, 2.24) is 5.32 Å². The Bertz CT molecular complexity index is 263. The number of hydrogen-bond donors (Lipinski definition) is 1. The molecule has 2 aliphatic carbocycles. The van der Waals surface area contributed by atoms with Crippen molar-refractivity contribution in [1.29, 1.82) is 0 Å².